The number of carbonyl (C=O) groups excluding carboxylic acids is 1. The number of benzene rings is 3. The lowest BCUT2D eigenvalue weighted by atomic mass is 10.0. The van der Waals surface area contributed by atoms with Crippen molar-refractivity contribution in [1.29, 1.82) is 0 Å². The number of ether oxygens (including phenoxy) is 2. The van der Waals surface area contributed by atoms with Gasteiger partial charge in [-0.15, -0.1) is 0 Å². The molecule has 0 bridgehead atoms. The Balaban J connectivity index is 1.21. The fourth-order valence-electron chi connectivity index (χ4n) is 5.45. The number of hydrogen-bond donors (Lipinski definition) is 1. The number of imidazole rings is 1. The van der Waals surface area contributed by atoms with Crippen molar-refractivity contribution >= 4 is 38.2 Å². The van der Waals surface area contributed by atoms with E-state index in [2.05, 4.69) is 31.1 Å². The first kappa shape index (κ1) is 31.9. The average Bonchev–Trinajstić information content (AvgIpc) is 3.87. The minimum Gasteiger partial charge on any atom is -0.473 e. The second kappa shape index (κ2) is 13.4. The Kier molecular flexibility index (Phi) is 9.07. The number of aromatic nitrogens is 3. The van der Waals surface area contributed by atoms with Crippen molar-refractivity contribution in [2.45, 2.75) is 44.6 Å². The second-order valence-electron chi connectivity index (χ2n) is 11.6. The van der Waals surface area contributed by atoms with Crippen molar-refractivity contribution < 1.29 is 22.9 Å². The smallest absolute Gasteiger partial charge is 0.262 e. The molecule has 2 aromatic heterocycles. The van der Waals surface area contributed by atoms with Crippen LogP contribution in [-0.4, -0.2) is 49.5 Å². The molecule has 1 aliphatic rings. The number of aryl methyl sites for hydroxylation is 1. The number of nitrogens with one attached hydrogen (secondary N) is 1. The highest BCUT2D eigenvalue weighted by molar-refractivity contribution is 7.99. The minimum absolute atomic E-state index is 0.00847. The maximum Gasteiger partial charge on any atom is 0.262 e. The summed E-state index contributed by atoms with van der Waals surface area (Å²) in [5, 5.41) is -0.0521. The molecular weight excluding hydrogens is 617 g/mol. The highest BCUT2D eigenvalue weighted by atomic mass is 32.2. The quantitative estimate of drug-likeness (QED) is 0.123. The highest BCUT2D eigenvalue weighted by Crippen LogP contribution is 2.29. The normalized spacial score (nSPS) is 14.0. The zero-order chi connectivity index (χ0) is 33.1. The number of halogens is 1. The van der Waals surface area contributed by atoms with Crippen molar-refractivity contribution in [2.24, 2.45) is 0 Å². The van der Waals surface area contributed by atoms with Gasteiger partial charge >= 0.3 is 0 Å². The van der Waals surface area contributed by atoms with Crippen LogP contribution in [-0.2, 0) is 34.0 Å². The number of rotatable bonds is 12. The van der Waals surface area contributed by atoms with E-state index in [4.69, 9.17) is 21.0 Å². The third-order valence-electron chi connectivity index (χ3n) is 8.13. The average molecular weight is 652 g/mol. The van der Waals surface area contributed by atoms with Crippen molar-refractivity contribution in [3.8, 4) is 17.1 Å². The molecule has 6 rings (SSSR count). The summed E-state index contributed by atoms with van der Waals surface area (Å²) in [6.45, 7) is 10.1. The number of methoxy groups -OCH3 is 1. The molecular formula is C36H34FN5O4S. The minimum atomic E-state index is -2.67. The van der Waals surface area contributed by atoms with Crippen LogP contribution >= 0.6 is 0 Å². The molecule has 1 amide bonds. The lowest BCUT2D eigenvalue weighted by Gasteiger charge is -2.13. The number of nitrogens with zero attached hydrogens (tertiary/aromatic N) is 4. The standard InChI is InChI=1S/C36H34FN5O4S/c1-23-18-24(8-14-29(23)31-6-5-7-35(40-31)46-22-26-9-11-27(38-2)21-30(26)37)19-34-39-32-15-10-25(20-33(32)42(34)16-17-45-3)36(43)41-47(4,44)28-12-13-28/h5-11,14-15,18,20-21,28H,4,12-13,16-17,19,22H2,1,3H3,(H,41,43,44). The van der Waals surface area contributed by atoms with Gasteiger partial charge in [0.25, 0.3) is 5.91 Å². The lowest BCUT2D eigenvalue weighted by Crippen LogP contribution is -2.33. The van der Waals surface area contributed by atoms with E-state index in [0.717, 1.165) is 52.1 Å². The second-order valence-corrected chi connectivity index (χ2v) is 13.9. The van der Waals surface area contributed by atoms with E-state index in [1.807, 2.05) is 37.3 Å². The molecule has 47 heavy (non-hydrogen) atoms. The third kappa shape index (κ3) is 7.19. The Morgan fingerprint density at radius 2 is 1.96 bits per heavy atom. The van der Waals surface area contributed by atoms with Gasteiger partial charge in [0.05, 0.1) is 39.6 Å². The number of pyridine rings is 1. The van der Waals surface area contributed by atoms with Crippen LogP contribution in [0, 0.1) is 19.3 Å². The molecule has 1 unspecified atom stereocenters. The molecule has 1 N–H and O–H groups in total. The number of carbonyl (C=O) groups is 1. The maximum atomic E-state index is 14.3. The summed E-state index contributed by atoms with van der Waals surface area (Å²) in [7, 11) is -1.03. The van der Waals surface area contributed by atoms with E-state index < -0.39 is 21.4 Å². The van der Waals surface area contributed by atoms with Gasteiger partial charge in [-0.3, -0.25) is 9.52 Å². The van der Waals surface area contributed by atoms with E-state index in [9.17, 15) is 13.4 Å². The summed E-state index contributed by atoms with van der Waals surface area (Å²) >= 11 is 0. The zero-order valence-corrected chi connectivity index (χ0v) is 27.0. The van der Waals surface area contributed by atoms with Crippen LogP contribution in [0.1, 0.15) is 45.7 Å². The van der Waals surface area contributed by atoms with Gasteiger partial charge < -0.3 is 14.0 Å². The summed E-state index contributed by atoms with van der Waals surface area (Å²) in [6, 6.07) is 21.2. The predicted octanol–water partition coefficient (Wildman–Crippen LogP) is 6.44. The fourth-order valence-corrected chi connectivity index (χ4v) is 6.95. The van der Waals surface area contributed by atoms with Crippen molar-refractivity contribution in [2.75, 3.05) is 13.7 Å². The molecule has 3 aromatic carbocycles. The van der Waals surface area contributed by atoms with Gasteiger partial charge in [-0.05, 0) is 67.1 Å². The van der Waals surface area contributed by atoms with Gasteiger partial charge in [0.15, 0.2) is 5.69 Å². The Hall–Kier alpha value is -5.05. The summed E-state index contributed by atoms with van der Waals surface area (Å²) in [6.07, 6.45) is 2.18. The lowest BCUT2D eigenvalue weighted by molar-refractivity contribution is 0.0982. The van der Waals surface area contributed by atoms with E-state index in [1.54, 1.807) is 37.4 Å². The molecule has 1 fully saturated rings. The van der Waals surface area contributed by atoms with Gasteiger partial charge in [-0.2, -0.15) is 0 Å². The Morgan fingerprint density at radius 3 is 2.68 bits per heavy atom. The molecule has 1 aliphatic carbocycles. The van der Waals surface area contributed by atoms with E-state index in [1.165, 1.54) is 6.07 Å². The fraction of sp³-hybridized carbons (Fsp3) is 0.250. The molecule has 1 saturated carbocycles. The molecule has 5 aromatic rings. The highest BCUT2D eigenvalue weighted by Gasteiger charge is 2.32. The topological polar surface area (TPSA) is 99.7 Å². The van der Waals surface area contributed by atoms with Crippen LogP contribution in [0.5, 0.6) is 5.88 Å². The van der Waals surface area contributed by atoms with Gasteiger partial charge in [0.2, 0.25) is 5.88 Å². The van der Waals surface area contributed by atoms with Crippen molar-refractivity contribution in [1.82, 2.24) is 19.3 Å². The first-order valence-corrected chi connectivity index (χ1v) is 17.0. The monoisotopic (exact) mass is 651 g/mol. The van der Waals surface area contributed by atoms with Gasteiger partial charge in [-0.25, -0.2) is 23.4 Å². The number of amides is 1. The van der Waals surface area contributed by atoms with Gasteiger partial charge in [-0.1, -0.05) is 36.4 Å². The molecule has 0 saturated heterocycles. The van der Waals surface area contributed by atoms with Crippen molar-refractivity contribution in [3.05, 3.63) is 118 Å². The van der Waals surface area contributed by atoms with E-state index in [0.29, 0.717) is 36.6 Å². The Labute approximate surface area is 273 Å². The van der Waals surface area contributed by atoms with Crippen LogP contribution in [0.25, 0.3) is 27.1 Å². The van der Waals surface area contributed by atoms with Gasteiger partial charge in [0, 0.05) is 48.1 Å². The zero-order valence-electron chi connectivity index (χ0n) is 26.2. The van der Waals surface area contributed by atoms with Crippen LogP contribution < -0.4 is 9.46 Å². The third-order valence-corrected chi connectivity index (χ3v) is 10.2. The predicted molar refractivity (Wildman–Crippen MR) is 182 cm³/mol. The summed E-state index contributed by atoms with van der Waals surface area (Å²) in [5.74, 6) is 4.06. The van der Waals surface area contributed by atoms with E-state index >= 15 is 0 Å². The summed E-state index contributed by atoms with van der Waals surface area (Å²) in [5.41, 5.74) is 6.25. The van der Waals surface area contributed by atoms with Gasteiger partial charge in [0.1, 0.15) is 18.2 Å². The molecule has 11 heteroatoms. The molecule has 1 atom stereocenters. The Bertz CT molecular complexity index is 2130. The van der Waals surface area contributed by atoms with Crippen LogP contribution in [0.15, 0.2) is 72.8 Å². The number of hydrogen-bond acceptors (Lipinski definition) is 6. The molecule has 2 heterocycles. The molecule has 0 radical (unpaired) electrons. The van der Waals surface area contributed by atoms with Crippen LogP contribution in [0.3, 0.4) is 0 Å². The molecule has 0 aliphatic heterocycles. The summed E-state index contributed by atoms with van der Waals surface area (Å²) in [4.78, 5) is 25.8. The first-order valence-electron chi connectivity index (χ1n) is 15.2. The Morgan fingerprint density at radius 1 is 1.13 bits per heavy atom. The molecule has 240 valence electrons. The SMILES string of the molecule is [C-]#[N+]c1ccc(COc2cccc(-c3ccc(Cc4nc5ccc(C(=O)NS(=C)(=O)C6CC6)cc5n4CCOC)cc3C)n2)c(F)c1. The maximum absolute atomic E-state index is 14.3. The van der Waals surface area contributed by atoms with Crippen molar-refractivity contribution in [3.63, 3.8) is 0 Å². The van der Waals surface area contributed by atoms with Crippen LogP contribution in [0.4, 0.5) is 10.1 Å². The van der Waals surface area contributed by atoms with E-state index in [-0.39, 0.29) is 17.5 Å². The summed E-state index contributed by atoms with van der Waals surface area (Å²) < 4.78 is 43.0. The van der Waals surface area contributed by atoms with Crippen LogP contribution in [0.2, 0.25) is 0 Å². The first-order chi connectivity index (χ1) is 22.6. The number of fused-ring (bicyclic) bond motifs is 1. The molecule has 0 spiro atoms. The largest absolute Gasteiger partial charge is 0.473 e. The molecule has 9 nitrogen and oxygen atoms in total.